The average molecular weight is 449 g/mol. The van der Waals surface area contributed by atoms with Gasteiger partial charge in [0.25, 0.3) is 0 Å². The Morgan fingerprint density at radius 2 is 1.97 bits per heavy atom. The van der Waals surface area contributed by atoms with E-state index in [-0.39, 0.29) is 11.9 Å². The summed E-state index contributed by atoms with van der Waals surface area (Å²) in [4.78, 5) is 24.6. The first-order chi connectivity index (χ1) is 16.0. The molecule has 7 heteroatoms. The molecule has 3 heterocycles. The van der Waals surface area contributed by atoms with Gasteiger partial charge in [0, 0.05) is 24.7 Å². The topological polar surface area (TPSA) is 81.4 Å². The van der Waals surface area contributed by atoms with Crippen molar-refractivity contribution in [3.8, 4) is 17.1 Å². The maximum Gasteiger partial charge on any atom is 0.223 e. The minimum absolute atomic E-state index is 0.0897. The molecule has 0 radical (unpaired) electrons. The van der Waals surface area contributed by atoms with Gasteiger partial charge in [0.15, 0.2) is 5.76 Å². The molecule has 174 valence electrons. The number of benzene rings is 1. The number of hydrogen-bond donors (Lipinski definition) is 0. The number of hydrogen-bond acceptors (Lipinski definition) is 6. The van der Waals surface area contributed by atoms with Crippen molar-refractivity contribution in [3.63, 3.8) is 0 Å². The highest BCUT2D eigenvalue weighted by Gasteiger charge is 2.32. The highest BCUT2D eigenvalue weighted by atomic mass is 16.5. The van der Waals surface area contributed by atoms with Crippen molar-refractivity contribution in [3.05, 3.63) is 58.8 Å². The van der Waals surface area contributed by atoms with Crippen molar-refractivity contribution in [2.45, 2.75) is 65.8 Å². The molecule has 1 aliphatic rings. The van der Waals surface area contributed by atoms with Gasteiger partial charge in [-0.3, -0.25) is 4.79 Å². The number of carbonyl (C=O) groups excluding carboxylic acids is 1. The van der Waals surface area contributed by atoms with E-state index in [1.165, 1.54) is 0 Å². The standard InChI is InChI=1S/C26H32N4O3/c1-5-32-21-12-9-20(10-13-21)11-14-24(31)30-15-7-6-8-23(30)25-22(16-27-19(4)28-25)26-17(2)18(3)29-33-26/h9-10,12-13,16,23H,5-8,11,14-15H2,1-4H3. The summed E-state index contributed by atoms with van der Waals surface area (Å²) in [5.74, 6) is 2.39. The van der Waals surface area contributed by atoms with Gasteiger partial charge in [0.05, 0.1) is 29.6 Å². The molecule has 7 nitrogen and oxygen atoms in total. The summed E-state index contributed by atoms with van der Waals surface area (Å²) in [6.07, 6.45) is 5.91. The molecule has 4 rings (SSSR count). The summed E-state index contributed by atoms with van der Waals surface area (Å²) in [7, 11) is 0. The van der Waals surface area contributed by atoms with E-state index in [2.05, 4.69) is 10.1 Å². The fourth-order valence-corrected chi connectivity index (χ4v) is 4.41. The van der Waals surface area contributed by atoms with Crippen molar-refractivity contribution in [2.75, 3.05) is 13.2 Å². The fraction of sp³-hybridized carbons (Fsp3) is 0.462. The average Bonchev–Trinajstić information content (AvgIpc) is 3.16. The number of rotatable bonds is 7. The van der Waals surface area contributed by atoms with Gasteiger partial charge >= 0.3 is 0 Å². The molecule has 1 aromatic carbocycles. The van der Waals surface area contributed by atoms with Crippen LogP contribution in [0.3, 0.4) is 0 Å². The summed E-state index contributed by atoms with van der Waals surface area (Å²) in [6, 6.07) is 7.91. The van der Waals surface area contributed by atoms with Gasteiger partial charge < -0.3 is 14.2 Å². The van der Waals surface area contributed by atoms with Crippen LogP contribution in [0.5, 0.6) is 5.75 Å². The minimum Gasteiger partial charge on any atom is -0.494 e. The molecular weight excluding hydrogens is 416 g/mol. The van der Waals surface area contributed by atoms with E-state index in [9.17, 15) is 4.79 Å². The molecule has 0 N–H and O–H groups in total. The summed E-state index contributed by atoms with van der Waals surface area (Å²) < 4.78 is 11.1. The number of amides is 1. The molecular formula is C26H32N4O3. The number of likely N-dealkylation sites (tertiary alicyclic amines) is 1. The minimum atomic E-state index is -0.0897. The molecule has 0 bridgehead atoms. The Morgan fingerprint density at radius 1 is 1.18 bits per heavy atom. The molecule has 1 amide bonds. The van der Waals surface area contributed by atoms with Crippen molar-refractivity contribution in [1.82, 2.24) is 20.0 Å². The first-order valence-corrected chi connectivity index (χ1v) is 11.8. The van der Waals surface area contributed by atoms with Gasteiger partial charge in [0.2, 0.25) is 5.91 Å². The molecule has 1 fully saturated rings. The van der Waals surface area contributed by atoms with Crippen LogP contribution < -0.4 is 4.74 Å². The Kier molecular flexibility index (Phi) is 7.06. The number of carbonyl (C=O) groups is 1. The normalized spacial score (nSPS) is 16.1. The molecule has 1 atom stereocenters. The summed E-state index contributed by atoms with van der Waals surface area (Å²) in [6.45, 7) is 9.15. The maximum atomic E-state index is 13.4. The fourth-order valence-electron chi connectivity index (χ4n) is 4.41. The number of aryl methyl sites for hydroxylation is 3. The third kappa shape index (κ3) is 5.07. The van der Waals surface area contributed by atoms with Crippen LogP contribution in [0.2, 0.25) is 0 Å². The van der Waals surface area contributed by atoms with E-state index >= 15 is 0 Å². The van der Waals surface area contributed by atoms with Crippen LogP contribution in [0.25, 0.3) is 11.3 Å². The zero-order valence-electron chi connectivity index (χ0n) is 19.9. The van der Waals surface area contributed by atoms with Crippen LogP contribution >= 0.6 is 0 Å². The van der Waals surface area contributed by atoms with Gasteiger partial charge in [0.1, 0.15) is 11.6 Å². The van der Waals surface area contributed by atoms with Gasteiger partial charge in [-0.2, -0.15) is 0 Å². The number of ether oxygens (including phenoxy) is 1. The summed E-state index contributed by atoms with van der Waals surface area (Å²) in [5.41, 5.74) is 4.65. The maximum absolute atomic E-state index is 13.4. The Morgan fingerprint density at radius 3 is 2.67 bits per heavy atom. The van der Waals surface area contributed by atoms with Gasteiger partial charge in [-0.05, 0) is 71.1 Å². The Bertz CT molecular complexity index is 1110. The first kappa shape index (κ1) is 23.0. The van der Waals surface area contributed by atoms with Crippen LogP contribution in [-0.2, 0) is 11.2 Å². The van der Waals surface area contributed by atoms with Crippen molar-refractivity contribution in [1.29, 1.82) is 0 Å². The number of piperidine rings is 1. The molecule has 0 aliphatic carbocycles. The first-order valence-electron chi connectivity index (χ1n) is 11.8. The molecule has 0 spiro atoms. The van der Waals surface area contributed by atoms with Crippen LogP contribution in [-0.4, -0.2) is 39.1 Å². The summed E-state index contributed by atoms with van der Waals surface area (Å²) in [5, 5.41) is 4.12. The second-order valence-electron chi connectivity index (χ2n) is 8.61. The Balaban J connectivity index is 1.55. The van der Waals surface area contributed by atoms with Crippen LogP contribution in [0.15, 0.2) is 35.0 Å². The van der Waals surface area contributed by atoms with E-state index in [4.69, 9.17) is 14.2 Å². The third-order valence-corrected chi connectivity index (χ3v) is 6.34. The van der Waals surface area contributed by atoms with E-state index in [0.717, 1.165) is 59.6 Å². The van der Waals surface area contributed by atoms with Gasteiger partial charge in [-0.15, -0.1) is 0 Å². The zero-order chi connectivity index (χ0) is 23.4. The Hall–Kier alpha value is -3.22. The SMILES string of the molecule is CCOc1ccc(CCC(=O)N2CCCCC2c2nc(C)ncc2-c2onc(C)c2C)cc1. The molecule has 2 aromatic heterocycles. The molecule has 33 heavy (non-hydrogen) atoms. The second-order valence-corrected chi connectivity index (χ2v) is 8.61. The smallest absolute Gasteiger partial charge is 0.223 e. The van der Waals surface area contributed by atoms with Crippen molar-refractivity contribution in [2.24, 2.45) is 0 Å². The van der Waals surface area contributed by atoms with Gasteiger partial charge in [-0.25, -0.2) is 9.97 Å². The third-order valence-electron chi connectivity index (χ3n) is 6.34. The lowest BCUT2D eigenvalue weighted by Crippen LogP contribution is -2.39. The lowest BCUT2D eigenvalue weighted by atomic mass is 9.94. The van der Waals surface area contributed by atoms with Crippen LogP contribution in [0.1, 0.15) is 67.0 Å². The molecule has 3 aromatic rings. The van der Waals surface area contributed by atoms with E-state index < -0.39 is 0 Å². The zero-order valence-corrected chi connectivity index (χ0v) is 19.9. The molecule has 1 aliphatic heterocycles. The second kappa shape index (κ2) is 10.1. The molecule has 0 saturated carbocycles. The number of aromatic nitrogens is 3. The predicted octanol–water partition coefficient (Wildman–Crippen LogP) is 5.14. The monoisotopic (exact) mass is 448 g/mol. The van der Waals surface area contributed by atoms with Crippen molar-refractivity contribution >= 4 is 5.91 Å². The lowest BCUT2D eigenvalue weighted by molar-refractivity contribution is -0.135. The molecule has 1 saturated heterocycles. The van der Waals surface area contributed by atoms with E-state index in [0.29, 0.717) is 31.0 Å². The van der Waals surface area contributed by atoms with Crippen LogP contribution in [0.4, 0.5) is 0 Å². The van der Waals surface area contributed by atoms with E-state index in [1.807, 2.05) is 63.1 Å². The Labute approximate surface area is 195 Å². The highest BCUT2D eigenvalue weighted by molar-refractivity contribution is 5.77. The van der Waals surface area contributed by atoms with Crippen molar-refractivity contribution < 1.29 is 14.1 Å². The van der Waals surface area contributed by atoms with Crippen LogP contribution in [0, 0.1) is 20.8 Å². The summed E-state index contributed by atoms with van der Waals surface area (Å²) >= 11 is 0. The quantitative estimate of drug-likeness (QED) is 0.498. The van der Waals surface area contributed by atoms with Gasteiger partial charge in [-0.1, -0.05) is 17.3 Å². The lowest BCUT2D eigenvalue weighted by Gasteiger charge is -2.36. The molecule has 1 unspecified atom stereocenters. The van der Waals surface area contributed by atoms with E-state index in [1.54, 1.807) is 0 Å². The largest absolute Gasteiger partial charge is 0.494 e. The number of nitrogens with zero attached hydrogens (tertiary/aromatic N) is 4. The highest BCUT2D eigenvalue weighted by Crippen LogP contribution is 2.37. The predicted molar refractivity (Wildman–Crippen MR) is 126 cm³/mol.